The molecular formula is C72H114O6. The van der Waals surface area contributed by atoms with E-state index in [4.69, 9.17) is 14.2 Å². The second-order valence-electron chi connectivity index (χ2n) is 20.2. The van der Waals surface area contributed by atoms with Crippen LogP contribution in [0.4, 0.5) is 0 Å². The topological polar surface area (TPSA) is 78.9 Å². The Balaban J connectivity index is 4.45. The summed E-state index contributed by atoms with van der Waals surface area (Å²) in [5, 5.41) is 0. The summed E-state index contributed by atoms with van der Waals surface area (Å²) in [4.78, 5) is 38.2. The second kappa shape index (κ2) is 64.6. The summed E-state index contributed by atoms with van der Waals surface area (Å²) >= 11 is 0. The van der Waals surface area contributed by atoms with Gasteiger partial charge in [0.2, 0.25) is 0 Å². The molecule has 0 saturated heterocycles. The first-order chi connectivity index (χ1) is 38.5. The van der Waals surface area contributed by atoms with Crippen molar-refractivity contribution in [2.75, 3.05) is 13.2 Å². The van der Waals surface area contributed by atoms with E-state index in [0.717, 1.165) is 128 Å². The summed E-state index contributed by atoms with van der Waals surface area (Å²) in [6, 6.07) is 0. The third-order valence-electron chi connectivity index (χ3n) is 12.8. The van der Waals surface area contributed by atoms with Gasteiger partial charge in [0, 0.05) is 19.3 Å². The molecule has 0 rings (SSSR count). The lowest BCUT2D eigenvalue weighted by Crippen LogP contribution is -2.30. The fourth-order valence-electron chi connectivity index (χ4n) is 8.11. The molecule has 0 saturated carbocycles. The molecule has 78 heavy (non-hydrogen) atoms. The third-order valence-corrected chi connectivity index (χ3v) is 12.8. The van der Waals surface area contributed by atoms with Crippen LogP contribution in [-0.4, -0.2) is 37.2 Å². The second-order valence-corrected chi connectivity index (χ2v) is 20.2. The van der Waals surface area contributed by atoms with Crippen LogP contribution in [0.2, 0.25) is 0 Å². The number of ether oxygens (including phenoxy) is 3. The van der Waals surface area contributed by atoms with Crippen molar-refractivity contribution < 1.29 is 28.6 Å². The summed E-state index contributed by atoms with van der Waals surface area (Å²) in [5.41, 5.74) is 0. The highest BCUT2D eigenvalue weighted by atomic mass is 16.6. The van der Waals surface area contributed by atoms with E-state index in [2.05, 4.69) is 167 Å². The van der Waals surface area contributed by atoms with Gasteiger partial charge in [0.05, 0.1) is 0 Å². The number of esters is 3. The maximum atomic E-state index is 12.9. The van der Waals surface area contributed by atoms with Gasteiger partial charge in [-0.1, -0.05) is 262 Å². The molecule has 0 bridgehead atoms. The Morgan fingerprint density at radius 1 is 0.269 bits per heavy atom. The van der Waals surface area contributed by atoms with Gasteiger partial charge in [-0.15, -0.1) is 0 Å². The molecule has 0 aliphatic heterocycles. The molecule has 0 spiro atoms. The molecule has 6 heteroatoms. The maximum absolute atomic E-state index is 12.9. The van der Waals surface area contributed by atoms with E-state index in [1.54, 1.807) is 0 Å². The first-order valence-corrected chi connectivity index (χ1v) is 31.5. The van der Waals surface area contributed by atoms with Crippen LogP contribution in [0.15, 0.2) is 158 Å². The lowest BCUT2D eigenvalue weighted by atomic mass is 10.1. The fourth-order valence-corrected chi connectivity index (χ4v) is 8.11. The van der Waals surface area contributed by atoms with Crippen LogP contribution >= 0.6 is 0 Å². The number of carbonyl (C=O) groups is 3. The van der Waals surface area contributed by atoms with Gasteiger partial charge < -0.3 is 14.2 Å². The molecule has 0 aromatic carbocycles. The zero-order chi connectivity index (χ0) is 56.4. The van der Waals surface area contributed by atoms with Crippen LogP contribution in [-0.2, 0) is 28.6 Å². The lowest BCUT2D eigenvalue weighted by molar-refractivity contribution is -0.166. The van der Waals surface area contributed by atoms with Crippen molar-refractivity contribution in [2.45, 2.75) is 264 Å². The number of allylic oxidation sites excluding steroid dienone is 26. The third kappa shape index (κ3) is 61.9. The summed E-state index contributed by atoms with van der Waals surface area (Å²) < 4.78 is 16.8. The van der Waals surface area contributed by atoms with Crippen molar-refractivity contribution in [1.82, 2.24) is 0 Å². The van der Waals surface area contributed by atoms with Crippen LogP contribution in [0, 0.1) is 0 Å². The molecule has 438 valence electrons. The lowest BCUT2D eigenvalue weighted by Gasteiger charge is -2.18. The van der Waals surface area contributed by atoms with Crippen molar-refractivity contribution >= 4 is 17.9 Å². The number of rotatable bonds is 55. The molecule has 0 aromatic rings. The molecule has 0 N–H and O–H groups in total. The number of hydrogen-bond donors (Lipinski definition) is 0. The van der Waals surface area contributed by atoms with Gasteiger partial charge in [0.1, 0.15) is 13.2 Å². The largest absolute Gasteiger partial charge is 0.462 e. The van der Waals surface area contributed by atoms with Gasteiger partial charge in [-0.25, -0.2) is 0 Å². The zero-order valence-electron chi connectivity index (χ0n) is 50.1. The van der Waals surface area contributed by atoms with E-state index in [1.807, 2.05) is 12.2 Å². The van der Waals surface area contributed by atoms with E-state index in [-0.39, 0.29) is 37.5 Å². The summed E-state index contributed by atoms with van der Waals surface area (Å²) in [7, 11) is 0. The molecule has 0 amide bonds. The average Bonchev–Trinajstić information content (AvgIpc) is 3.44. The van der Waals surface area contributed by atoms with Crippen LogP contribution in [0.3, 0.4) is 0 Å². The smallest absolute Gasteiger partial charge is 0.306 e. The zero-order valence-corrected chi connectivity index (χ0v) is 50.1. The molecule has 0 aliphatic rings. The number of carbonyl (C=O) groups excluding carboxylic acids is 3. The first kappa shape index (κ1) is 73.0. The fraction of sp³-hybridized carbons (Fsp3) is 0.597. The molecule has 1 atom stereocenters. The molecular weight excluding hydrogens is 961 g/mol. The Kier molecular flexibility index (Phi) is 60.4. The summed E-state index contributed by atoms with van der Waals surface area (Å²) in [6.45, 7) is 6.31. The standard InChI is InChI=1S/C72H114O6/c1-4-7-10-13-16-19-22-25-27-29-31-32-33-34-35-36-37-38-39-40-41-43-44-47-50-53-56-59-62-65-71(74)77-68-69(67-76-70(73)64-61-58-55-52-49-46-24-21-18-15-12-9-6-3)78-72(75)66-63-60-57-54-51-48-45-42-30-28-26-23-20-17-14-11-8-5-2/h7,9-10,12,16,18-19,21,25,27-28,30-32,34-35,37-38,40-41,44,46-47,49,55,58,69H,4-6,8,11,13-15,17,20,22-24,26,29,33,36,39,42-43,45,48,50-54,56-57,59-68H2,1-3H3/b10-7-,12-9-,19-16-,21-18-,27-25-,30-28-,32-31-,35-34-,38-37-,41-40-,47-44-,49-46-,58-55-. The number of unbranched alkanes of at least 4 members (excludes halogenated alkanes) is 18. The highest BCUT2D eigenvalue weighted by Crippen LogP contribution is 2.14. The van der Waals surface area contributed by atoms with Gasteiger partial charge in [0.15, 0.2) is 6.10 Å². The molecule has 1 unspecified atom stereocenters. The summed E-state index contributed by atoms with van der Waals surface area (Å²) in [5.74, 6) is -1.04. The minimum Gasteiger partial charge on any atom is -0.462 e. The maximum Gasteiger partial charge on any atom is 0.306 e. The van der Waals surface area contributed by atoms with E-state index in [1.165, 1.54) is 83.5 Å². The van der Waals surface area contributed by atoms with E-state index in [0.29, 0.717) is 19.3 Å². The Hall–Kier alpha value is -4.97. The predicted octanol–water partition coefficient (Wildman–Crippen LogP) is 21.7. The van der Waals surface area contributed by atoms with Crippen LogP contribution < -0.4 is 0 Å². The van der Waals surface area contributed by atoms with Crippen LogP contribution in [0.1, 0.15) is 258 Å². The highest BCUT2D eigenvalue weighted by Gasteiger charge is 2.19. The predicted molar refractivity (Wildman–Crippen MR) is 338 cm³/mol. The number of hydrogen-bond acceptors (Lipinski definition) is 6. The Bertz CT molecular complexity index is 1760. The van der Waals surface area contributed by atoms with Gasteiger partial charge in [-0.2, -0.15) is 0 Å². The molecule has 0 heterocycles. The van der Waals surface area contributed by atoms with Crippen LogP contribution in [0.25, 0.3) is 0 Å². The Morgan fingerprint density at radius 2 is 0.526 bits per heavy atom. The monoisotopic (exact) mass is 1070 g/mol. The van der Waals surface area contributed by atoms with Gasteiger partial charge in [0.25, 0.3) is 0 Å². The van der Waals surface area contributed by atoms with Crippen molar-refractivity contribution in [3.8, 4) is 0 Å². The molecule has 0 fully saturated rings. The van der Waals surface area contributed by atoms with Gasteiger partial charge in [-0.05, 0) is 135 Å². The Labute approximate surface area is 480 Å². The van der Waals surface area contributed by atoms with Crippen molar-refractivity contribution in [1.29, 1.82) is 0 Å². The summed E-state index contributed by atoms with van der Waals surface area (Å²) in [6.07, 6.45) is 94.0. The van der Waals surface area contributed by atoms with Gasteiger partial charge in [-0.3, -0.25) is 14.4 Å². The normalized spacial score (nSPS) is 13.2. The Morgan fingerprint density at radius 3 is 0.872 bits per heavy atom. The minimum atomic E-state index is -0.828. The van der Waals surface area contributed by atoms with Crippen molar-refractivity contribution in [3.05, 3.63) is 158 Å². The van der Waals surface area contributed by atoms with E-state index in [9.17, 15) is 14.4 Å². The highest BCUT2D eigenvalue weighted by molar-refractivity contribution is 5.71. The molecule has 0 radical (unpaired) electrons. The first-order valence-electron chi connectivity index (χ1n) is 31.5. The van der Waals surface area contributed by atoms with E-state index >= 15 is 0 Å². The molecule has 6 nitrogen and oxygen atoms in total. The quantitative estimate of drug-likeness (QED) is 0.0261. The molecule has 0 aliphatic carbocycles. The average molecular weight is 1080 g/mol. The SMILES string of the molecule is CC/C=C\C/C=C\C/C=C\C/C=C\C/C=C\C/C=C\C/C=C\C/C=C\CCCCCCC(=O)OCC(COC(=O)CC/C=C\C/C=C\C/C=C\C/C=C\CC)OC(=O)CCCCCCCCC/C=C\CCCCCCCCC. The van der Waals surface area contributed by atoms with Crippen molar-refractivity contribution in [3.63, 3.8) is 0 Å². The van der Waals surface area contributed by atoms with Gasteiger partial charge >= 0.3 is 17.9 Å². The van der Waals surface area contributed by atoms with E-state index < -0.39 is 6.10 Å². The molecule has 0 aromatic heterocycles. The van der Waals surface area contributed by atoms with Crippen LogP contribution in [0.5, 0.6) is 0 Å². The minimum absolute atomic E-state index is 0.121. The van der Waals surface area contributed by atoms with Crippen molar-refractivity contribution in [2.24, 2.45) is 0 Å².